The smallest absolute Gasteiger partial charge is 0.325 e. The summed E-state index contributed by atoms with van der Waals surface area (Å²) in [5, 5.41) is 26.4. The van der Waals surface area contributed by atoms with Gasteiger partial charge >= 0.3 is 5.97 Å². The normalized spacial score (nSPS) is 15.2. The second-order valence-corrected chi connectivity index (χ2v) is 8.76. The number of hydrogen-bond acceptors (Lipinski definition) is 7. The van der Waals surface area contributed by atoms with E-state index in [-0.39, 0.29) is 18.1 Å². The number of carbonyl (C=O) groups is 4. The molecular formula is C24H39N5O6. The van der Waals surface area contributed by atoms with Crippen LogP contribution in [0.1, 0.15) is 52.0 Å². The SMILES string of the molecule is CCC(C)C(N)C(=O)NC(CCCCN)C(=O)NC(Cc1ccc(O)cc1)C(=O)NC(C)C(=O)O. The first kappa shape index (κ1) is 29.9. The topological polar surface area (TPSA) is 197 Å². The zero-order valence-corrected chi connectivity index (χ0v) is 20.6. The fraction of sp³-hybridized carbons (Fsp3) is 0.583. The van der Waals surface area contributed by atoms with Gasteiger partial charge < -0.3 is 37.6 Å². The zero-order chi connectivity index (χ0) is 26.5. The summed E-state index contributed by atoms with van der Waals surface area (Å²) in [5.41, 5.74) is 12.2. The molecule has 3 amide bonds. The quantitative estimate of drug-likeness (QED) is 0.166. The molecule has 0 spiro atoms. The Balaban J connectivity index is 3.08. The molecule has 0 aliphatic rings. The predicted molar refractivity (Wildman–Crippen MR) is 131 cm³/mol. The highest BCUT2D eigenvalue weighted by Gasteiger charge is 2.30. The van der Waals surface area contributed by atoms with E-state index in [4.69, 9.17) is 16.6 Å². The maximum Gasteiger partial charge on any atom is 0.325 e. The minimum Gasteiger partial charge on any atom is -0.508 e. The molecule has 11 nitrogen and oxygen atoms in total. The zero-order valence-electron chi connectivity index (χ0n) is 20.6. The Labute approximate surface area is 206 Å². The number of nitrogens with one attached hydrogen (secondary N) is 3. The number of phenols is 1. The van der Waals surface area contributed by atoms with Gasteiger partial charge in [-0.15, -0.1) is 0 Å². The molecule has 1 aromatic carbocycles. The molecule has 0 aliphatic heterocycles. The van der Waals surface area contributed by atoms with Crippen LogP contribution < -0.4 is 27.4 Å². The van der Waals surface area contributed by atoms with E-state index in [1.807, 2.05) is 13.8 Å². The summed E-state index contributed by atoms with van der Waals surface area (Å²) >= 11 is 0. The molecule has 11 heteroatoms. The second-order valence-electron chi connectivity index (χ2n) is 8.76. The average molecular weight is 494 g/mol. The average Bonchev–Trinajstić information content (AvgIpc) is 2.82. The Kier molecular flexibility index (Phi) is 12.7. The Morgan fingerprint density at radius 1 is 0.914 bits per heavy atom. The summed E-state index contributed by atoms with van der Waals surface area (Å²) in [6.07, 6.45) is 2.24. The van der Waals surface area contributed by atoms with Crippen molar-refractivity contribution >= 4 is 23.7 Å². The van der Waals surface area contributed by atoms with Crippen molar-refractivity contribution in [3.63, 3.8) is 0 Å². The molecule has 0 saturated carbocycles. The molecule has 5 atom stereocenters. The predicted octanol–water partition coefficient (Wildman–Crippen LogP) is -0.00400. The molecule has 0 radical (unpaired) electrons. The third kappa shape index (κ3) is 10.3. The standard InChI is InChI=1S/C24H39N5O6/c1-4-14(2)20(26)23(33)28-18(7-5-6-12-25)21(31)29-19(22(32)27-15(3)24(34)35)13-16-8-10-17(30)11-9-16/h8-11,14-15,18-20,30H,4-7,12-13,25-26H2,1-3H3,(H,27,32)(H,28,33)(H,29,31)(H,34,35). The molecule has 1 aromatic rings. The largest absolute Gasteiger partial charge is 0.508 e. The number of aromatic hydroxyl groups is 1. The number of phenolic OH excluding ortho intramolecular Hbond substituents is 1. The van der Waals surface area contributed by atoms with Crippen LogP contribution in [0.4, 0.5) is 0 Å². The first-order valence-electron chi connectivity index (χ1n) is 11.9. The molecule has 0 aliphatic carbocycles. The van der Waals surface area contributed by atoms with Crippen molar-refractivity contribution in [2.75, 3.05) is 6.54 Å². The summed E-state index contributed by atoms with van der Waals surface area (Å²) in [7, 11) is 0. The number of rotatable bonds is 15. The minimum atomic E-state index is -1.22. The van der Waals surface area contributed by atoms with Crippen LogP contribution >= 0.6 is 0 Å². The molecule has 0 saturated heterocycles. The number of carboxylic acid groups (broad SMARTS) is 1. The summed E-state index contributed by atoms with van der Waals surface area (Å²) in [6, 6.07) is 2.04. The van der Waals surface area contributed by atoms with Crippen LogP contribution in [0.25, 0.3) is 0 Å². The van der Waals surface area contributed by atoms with E-state index in [0.29, 0.717) is 37.8 Å². The first-order chi connectivity index (χ1) is 16.5. The number of carbonyl (C=O) groups excluding carboxylic acids is 3. The molecule has 0 aromatic heterocycles. The van der Waals surface area contributed by atoms with Crippen LogP contribution in [-0.4, -0.2) is 64.6 Å². The molecule has 0 bridgehead atoms. The van der Waals surface area contributed by atoms with Gasteiger partial charge in [0.2, 0.25) is 17.7 Å². The lowest BCUT2D eigenvalue weighted by Crippen LogP contribution is -2.57. The lowest BCUT2D eigenvalue weighted by atomic mass is 9.98. The first-order valence-corrected chi connectivity index (χ1v) is 11.9. The number of hydrogen-bond donors (Lipinski definition) is 7. The van der Waals surface area contributed by atoms with Gasteiger partial charge in [0.15, 0.2) is 0 Å². The van der Waals surface area contributed by atoms with Crippen molar-refractivity contribution in [2.45, 2.75) is 77.0 Å². The van der Waals surface area contributed by atoms with Gasteiger partial charge in [-0.2, -0.15) is 0 Å². The summed E-state index contributed by atoms with van der Waals surface area (Å²) in [5.74, 6) is -3.02. The van der Waals surface area contributed by atoms with Gasteiger partial charge in [-0.3, -0.25) is 19.2 Å². The van der Waals surface area contributed by atoms with Crippen molar-refractivity contribution in [3.05, 3.63) is 29.8 Å². The Morgan fingerprint density at radius 3 is 2.03 bits per heavy atom. The van der Waals surface area contributed by atoms with Gasteiger partial charge in [-0.25, -0.2) is 0 Å². The van der Waals surface area contributed by atoms with Crippen LogP contribution in [0.2, 0.25) is 0 Å². The highest BCUT2D eigenvalue weighted by Crippen LogP contribution is 2.13. The van der Waals surface area contributed by atoms with Gasteiger partial charge in [0.05, 0.1) is 6.04 Å². The fourth-order valence-electron chi connectivity index (χ4n) is 3.27. The van der Waals surface area contributed by atoms with E-state index in [1.54, 1.807) is 12.1 Å². The van der Waals surface area contributed by atoms with Gasteiger partial charge in [-0.05, 0) is 56.3 Å². The molecule has 0 heterocycles. The van der Waals surface area contributed by atoms with E-state index in [9.17, 15) is 24.3 Å². The van der Waals surface area contributed by atoms with Gasteiger partial charge in [0, 0.05) is 6.42 Å². The van der Waals surface area contributed by atoms with E-state index in [0.717, 1.165) is 0 Å². The number of unbranched alkanes of at least 4 members (excludes halogenated alkanes) is 1. The third-order valence-corrected chi connectivity index (χ3v) is 5.88. The third-order valence-electron chi connectivity index (χ3n) is 5.88. The van der Waals surface area contributed by atoms with E-state index in [2.05, 4.69) is 16.0 Å². The maximum absolute atomic E-state index is 13.2. The Morgan fingerprint density at radius 2 is 1.49 bits per heavy atom. The van der Waals surface area contributed by atoms with E-state index >= 15 is 0 Å². The van der Waals surface area contributed by atoms with Gasteiger partial charge in [0.25, 0.3) is 0 Å². The van der Waals surface area contributed by atoms with Crippen LogP contribution in [0.5, 0.6) is 5.75 Å². The maximum atomic E-state index is 13.2. The van der Waals surface area contributed by atoms with Crippen LogP contribution in [-0.2, 0) is 25.6 Å². The molecule has 9 N–H and O–H groups in total. The molecule has 196 valence electrons. The monoisotopic (exact) mass is 493 g/mol. The minimum absolute atomic E-state index is 0.0404. The van der Waals surface area contributed by atoms with Crippen molar-refractivity contribution < 1.29 is 29.4 Å². The number of aliphatic carboxylic acids is 1. The highest BCUT2D eigenvalue weighted by atomic mass is 16.4. The summed E-state index contributed by atoms with van der Waals surface area (Å²) in [4.78, 5) is 49.9. The van der Waals surface area contributed by atoms with Crippen molar-refractivity contribution in [2.24, 2.45) is 17.4 Å². The Hall–Kier alpha value is -3.18. The summed E-state index contributed by atoms with van der Waals surface area (Å²) in [6.45, 7) is 5.49. The van der Waals surface area contributed by atoms with Crippen molar-refractivity contribution in [3.8, 4) is 5.75 Å². The number of carboxylic acids is 1. The van der Waals surface area contributed by atoms with E-state index < -0.39 is 47.9 Å². The number of nitrogens with two attached hydrogens (primary N) is 2. The summed E-state index contributed by atoms with van der Waals surface area (Å²) < 4.78 is 0. The van der Waals surface area contributed by atoms with Crippen LogP contribution in [0, 0.1) is 5.92 Å². The molecule has 0 fully saturated rings. The lowest BCUT2D eigenvalue weighted by Gasteiger charge is -2.26. The van der Waals surface area contributed by atoms with Crippen molar-refractivity contribution in [1.29, 1.82) is 0 Å². The molecule has 35 heavy (non-hydrogen) atoms. The highest BCUT2D eigenvalue weighted by molar-refractivity contribution is 5.94. The fourth-order valence-corrected chi connectivity index (χ4v) is 3.27. The van der Waals surface area contributed by atoms with E-state index in [1.165, 1.54) is 19.1 Å². The number of benzene rings is 1. The lowest BCUT2D eigenvalue weighted by molar-refractivity contribution is -0.141. The molecule has 1 rings (SSSR count). The van der Waals surface area contributed by atoms with Crippen LogP contribution in [0.15, 0.2) is 24.3 Å². The van der Waals surface area contributed by atoms with Gasteiger partial charge in [0.1, 0.15) is 23.9 Å². The van der Waals surface area contributed by atoms with Crippen molar-refractivity contribution in [1.82, 2.24) is 16.0 Å². The number of amides is 3. The Bertz CT molecular complexity index is 847. The molecule has 5 unspecified atom stereocenters. The second kappa shape index (κ2) is 14.9. The van der Waals surface area contributed by atoms with Crippen LogP contribution in [0.3, 0.4) is 0 Å². The molecular weight excluding hydrogens is 454 g/mol. The van der Waals surface area contributed by atoms with Gasteiger partial charge in [-0.1, -0.05) is 32.4 Å².